The van der Waals surface area contributed by atoms with E-state index in [0.717, 1.165) is 12.8 Å². The summed E-state index contributed by atoms with van der Waals surface area (Å²) in [5, 5.41) is 42.2. The second-order valence-corrected chi connectivity index (χ2v) is 10.5. The summed E-state index contributed by atoms with van der Waals surface area (Å²) in [7, 11) is 1.58. The number of imidazole rings is 1. The van der Waals surface area contributed by atoms with E-state index in [0.29, 0.717) is 65.6 Å². The van der Waals surface area contributed by atoms with Crippen molar-refractivity contribution in [2.24, 2.45) is 0 Å². The fourth-order valence-electron chi connectivity index (χ4n) is 5.16. The van der Waals surface area contributed by atoms with Gasteiger partial charge < -0.3 is 30.7 Å². The molecule has 206 valence electrons. The minimum absolute atomic E-state index is 0.184. The molecule has 3 aromatic rings. The summed E-state index contributed by atoms with van der Waals surface area (Å²) in [4.78, 5) is 24.3. The molecule has 2 aromatic heterocycles. The van der Waals surface area contributed by atoms with Crippen molar-refractivity contribution >= 4 is 46.5 Å². The van der Waals surface area contributed by atoms with Gasteiger partial charge in [0.2, 0.25) is 5.95 Å². The van der Waals surface area contributed by atoms with Gasteiger partial charge in [0.05, 0.1) is 46.4 Å². The number of amides is 1. The molecule has 40 heavy (non-hydrogen) atoms. The first-order valence-corrected chi connectivity index (χ1v) is 13.2. The molecule has 0 spiro atoms. The van der Waals surface area contributed by atoms with E-state index in [1.165, 1.54) is 10.7 Å². The monoisotopic (exact) mass is 563 g/mol. The van der Waals surface area contributed by atoms with Gasteiger partial charge in [-0.3, -0.25) is 4.90 Å². The number of carbonyl (C=O) groups is 1. The number of carboxylic acid groups (broad SMARTS) is 1. The second-order valence-electron chi connectivity index (χ2n) is 10.1. The molecule has 1 amide bonds. The van der Waals surface area contributed by atoms with Crippen molar-refractivity contribution in [3.8, 4) is 12.1 Å². The Morgan fingerprint density at radius 2 is 2.00 bits per heavy atom. The first-order valence-electron chi connectivity index (χ1n) is 12.8. The molecule has 1 aromatic carbocycles. The molecular formula is C25H26ClN11O3. The number of nitrogens with zero attached hydrogens (tertiary/aromatic N) is 8. The molecule has 4 N–H and O–H groups in total. The minimum Gasteiger partial charge on any atom is -0.465 e. The number of ether oxygens (including phenoxy) is 1. The number of anilines is 4. The Morgan fingerprint density at radius 3 is 2.67 bits per heavy atom. The maximum Gasteiger partial charge on any atom is 0.405 e. The Hall–Kier alpha value is -4.37. The molecule has 15 heteroatoms. The summed E-state index contributed by atoms with van der Waals surface area (Å²) < 4.78 is 6.92. The Bertz CT molecular complexity index is 1550. The Labute approximate surface area is 234 Å². The average molecular weight is 564 g/mol. The van der Waals surface area contributed by atoms with Gasteiger partial charge in [0.15, 0.2) is 17.2 Å². The predicted molar refractivity (Wildman–Crippen MR) is 145 cm³/mol. The zero-order chi connectivity index (χ0) is 28.0. The van der Waals surface area contributed by atoms with Gasteiger partial charge in [-0.2, -0.15) is 20.0 Å². The van der Waals surface area contributed by atoms with Gasteiger partial charge in [-0.25, -0.2) is 9.78 Å². The molecule has 1 saturated carbocycles. The summed E-state index contributed by atoms with van der Waals surface area (Å²) in [6.07, 6.45) is 2.21. The summed E-state index contributed by atoms with van der Waals surface area (Å²) in [6, 6.07) is 7.84. The third-order valence-electron chi connectivity index (χ3n) is 7.45. The highest BCUT2D eigenvalue weighted by Crippen LogP contribution is 2.39. The summed E-state index contributed by atoms with van der Waals surface area (Å²) >= 11 is 6.85. The van der Waals surface area contributed by atoms with Crippen LogP contribution in [0.25, 0.3) is 5.65 Å². The van der Waals surface area contributed by atoms with E-state index in [9.17, 15) is 15.3 Å². The molecule has 3 fully saturated rings. The average Bonchev–Trinajstić information content (AvgIpc) is 3.48. The number of benzene rings is 1. The van der Waals surface area contributed by atoms with Crippen LogP contribution in [0.3, 0.4) is 0 Å². The molecular weight excluding hydrogens is 538 g/mol. The smallest absolute Gasteiger partial charge is 0.405 e. The number of hydrogen-bond acceptors (Lipinski definition) is 11. The number of nitriles is 2. The van der Waals surface area contributed by atoms with Gasteiger partial charge in [0.1, 0.15) is 6.07 Å². The lowest BCUT2D eigenvalue weighted by molar-refractivity contribution is 0.0827. The van der Waals surface area contributed by atoms with E-state index in [4.69, 9.17) is 21.4 Å². The summed E-state index contributed by atoms with van der Waals surface area (Å²) in [6.45, 7) is 2.48. The van der Waals surface area contributed by atoms with Gasteiger partial charge in [0.25, 0.3) is 0 Å². The molecule has 1 aliphatic carbocycles. The van der Waals surface area contributed by atoms with E-state index in [-0.39, 0.29) is 29.8 Å². The van der Waals surface area contributed by atoms with Crippen LogP contribution in [0.1, 0.15) is 24.1 Å². The lowest BCUT2D eigenvalue weighted by Gasteiger charge is -2.46. The fourth-order valence-corrected chi connectivity index (χ4v) is 5.44. The van der Waals surface area contributed by atoms with Crippen LogP contribution in [0.15, 0.2) is 18.3 Å². The summed E-state index contributed by atoms with van der Waals surface area (Å²) in [5.41, 5.74) is 2.29. The van der Waals surface area contributed by atoms with Gasteiger partial charge in [-0.15, -0.1) is 5.10 Å². The number of fused-ring (bicyclic) bond motifs is 1. The topological polar surface area (TPSA) is 180 Å². The molecule has 2 saturated heterocycles. The SMILES string of the molecule is CO[C@H]1CN(C2CN(c3cc(C#N)cc(Nc4nc(NC5CC5)c5ncc(C#N)n5n4)c3Cl)C2)C[C@@H]1NC(=O)O. The molecule has 3 aliphatic rings. The van der Waals surface area contributed by atoms with Crippen LogP contribution in [0.4, 0.5) is 27.9 Å². The van der Waals surface area contributed by atoms with Crippen molar-refractivity contribution in [3.05, 3.63) is 34.6 Å². The van der Waals surface area contributed by atoms with Gasteiger partial charge in [-0.05, 0) is 25.0 Å². The molecule has 0 radical (unpaired) electrons. The van der Waals surface area contributed by atoms with E-state index in [1.807, 2.05) is 0 Å². The van der Waals surface area contributed by atoms with Crippen molar-refractivity contribution in [1.82, 2.24) is 29.8 Å². The number of rotatable bonds is 8. The van der Waals surface area contributed by atoms with E-state index < -0.39 is 6.09 Å². The standard InChI is InChI=1S/C25H26ClN11O3/c1-40-20-12-35(11-18(20)32-25(38)39)16-9-36(10-16)19-5-13(6-27)4-17(21(19)26)31-24-33-22(30-14-2-3-14)23-29-8-15(7-28)37(23)34-24/h4-5,8,14,16,18,20,32H,2-3,9-12H2,1H3,(H,38,39)(H2,30,31,33,34)/t18-,20-/m0/s1. The molecule has 0 bridgehead atoms. The largest absolute Gasteiger partial charge is 0.465 e. The Kier molecular flexibility index (Phi) is 6.67. The predicted octanol–water partition coefficient (Wildman–Crippen LogP) is 1.99. The number of hydrogen-bond donors (Lipinski definition) is 4. The summed E-state index contributed by atoms with van der Waals surface area (Å²) in [5.74, 6) is 0.713. The van der Waals surface area contributed by atoms with Crippen molar-refractivity contribution in [3.63, 3.8) is 0 Å². The number of halogens is 1. The van der Waals surface area contributed by atoms with Crippen LogP contribution in [-0.4, -0.2) is 93.2 Å². The van der Waals surface area contributed by atoms with Crippen LogP contribution >= 0.6 is 11.6 Å². The molecule has 2 atom stereocenters. The number of nitrogens with one attached hydrogen (secondary N) is 3. The van der Waals surface area contributed by atoms with Crippen LogP contribution in [0, 0.1) is 22.7 Å². The van der Waals surface area contributed by atoms with Crippen molar-refractivity contribution < 1.29 is 14.6 Å². The molecule has 14 nitrogen and oxygen atoms in total. The van der Waals surface area contributed by atoms with Crippen LogP contribution in [0.5, 0.6) is 0 Å². The molecule has 6 rings (SSSR count). The molecule has 4 heterocycles. The van der Waals surface area contributed by atoms with Crippen LogP contribution in [0.2, 0.25) is 5.02 Å². The fraction of sp³-hybridized carbons (Fsp3) is 0.440. The quantitative estimate of drug-likeness (QED) is 0.313. The maximum absolute atomic E-state index is 11.2. The third kappa shape index (κ3) is 4.88. The van der Waals surface area contributed by atoms with E-state index in [2.05, 4.69) is 53.0 Å². The molecule has 0 unspecified atom stereocenters. The first kappa shape index (κ1) is 25.9. The minimum atomic E-state index is -1.07. The van der Waals surface area contributed by atoms with Gasteiger partial charge >= 0.3 is 6.09 Å². The van der Waals surface area contributed by atoms with Crippen LogP contribution in [-0.2, 0) is 4.74 Å². The highest BCUT2D eigenvalue weighted by atomic mass is 35.5. The van der Waals surface area contributed by atoms with Gasteiger partial charge in [-0.1, -0.05) is 11.6 Å². The number of likely N-dealkylation sites (tertiary alicyclic amines) is 1. The number of methoxy groups -OCH3 is 1. The van der Waals surface area contributed by atoms with Gasteiger partial charge in [0, 0.05) is 45.4 Å². The maximum atomic E-state index is 11.2. The zero-order valence-electron chi connectivity index (χ0n) is 21.5. The van der Waals surface area contributed by atoms with Crippen molar-refractivity contribution in [2.75, 3.05) is 48.8 Å². The van der Waals surface area contributed by atoms with E-state index in [1.54, 1.807) is 19.2 Å². The number of aromatic nitrogens is 4. The normalized spacial score (nSPS) is 21.1. The second kappa shape index (κ2) is 10.3. The highest BCUT2D eigenvalue weighted by Gasteiger charge is 2.42. The van der Waals surface area contributed by atoms with Crippen molar-refractivity contribution in [2.45, 2.75) is 37.1 Å². The lowest BCUT2D eigenvalue weighted by Crippen LogP contribution is -2.59. The third-order valence-corrected chi connectivity index (χ3v) is 7.85. The highest BCUT2D eigenvalue weighted by molar-refractivity contribution is 6.36. The zero-order valence-corrected chi connectivity index (χ0v) is 22.3. The Morgan fingerprint density at radius 1 is 1.20 bits per heavy atom. The first-order chi connectivity index (χ1) is 19.4. The van der Waals surface area contributed by atoms with E-state index >= 15 is 0 Å². The lowest BCUT2D eigenvalue weighted by atomic mass is 10.0. The van der Waals surface area contributed by atoms with Crippen LogP contribution < -0.4 is 20.9 Å². The van der Waals surface area contributed by atoms with Crippen molar-refractivity contribution in [1.29, 1.82) is 10.5 Å². The molecule has 2 aliphatic heterocycles. The Balaban J connectivity index is 1.23.